The van der Waals surface area contributed by atoms with Gasteiger partial charge >= 0.3 is 0 Å². The molecule has 4 nitrogen and oxygen atoms in total. The van der Waals surface area contributed by atoms with Gasteiger partial charge in [-0.2, -0.15) is 0 Å². The Kier molecular flexibility index (Phi) is 2.65. The standard InChI is InChI=1S/C13H15NO3/c15-4-2-1-3-9-7-14-11-6-13-12(5-10(9)11)16-8-17-13/h5-7,14-15H,1-4,8H2. The molecule has 0 fully saturated rings. The van der Waals surface area contributed by atoms with Gasteiger partial charge in [0, 0.05) is 29.8 Å². The molecule has 0 bridgehead atoms. The maximum Gasteiger partial charge on any atom is 0.231 e. The van der Waals surface area contributed by atoms with E-state index in [2.05, 4.69) is 4.98 Å². The highest BCUT2D eigenvalue weighted by molar-refractivity contribution is 5.86. The molecule has 2 heterocycles. The Bertz CT molecular complexity index is 533. The number of H-pyrrole nitrogens is 1. The molecule has 1 aromatic carbocycles. The lowest BCUT2D eigenvalue weighted by atomic mass is 10.1. The van der Waals surface area contributed by atoms with Crippen LogP contribution in [0.25, 0.3) is 10.9 Å². The van der Waals surface area contributed by atoms with Gasteiger partial charge in [0.2, 0.25) is 6.79 Å². The molecule has 1 aliphatic rings. The van der Waals surface area contributed by atoms with Crippen LogP contribution in [0.5, 0.6) is 11.5 Å². The third-order valence-electron chi connectivity index (χ3n) is 3.11. The first-order valence-corrected chi connectivity index (χ1v) is 5.89. The molecule has 2 N–H and O–H groups in total. The summed E-state index contributed by atoms with van der Waals surface area (Å²) in [5.41, 5.74) is 2.35. The van der Waals surface area contributed by atoms with Crippen LogP contribution in [0.2, 0.25) is 0 Å². The van der Waals surface area contributed by atoms with Gasteiger partial charge in [0.25, 0.3) is 0 Å². The third-order valence-corrected chi connectivity index (χ3v) is 3.11. The number of aliphatic hydroxyl groups excluding tert-OH is 1. The molecule has 1 aromatic heterocycles. The highest BCUT2D eigenvalue weighted by Crippen LogP contribution is 2.37. The quantitative estimate of drug-likeness (QED) is 0.796. The summed E-state index contributed by atoms with van der Waals surface area (Å²) < 4.78 is 10.7. The van der Waals surface area contributed by atoms with E-state index in [1.807, 2.05) is 18.3 Å². The molecule has 0 radical (unpaired) electrons. The van der Waals surface area contributed by atoms with E-state index in [9.17, 15) is 0 Å². The number of fused-ring (bicyclic) bond motifs is 2. The van der Waals surface area contributed by atoms with Crippen molar-refractivity contribution in [1.82, 2.24) is 4.98 Å². The van der Waals surface area contributed by atoms with E-state index in [1.54, 1.807) is 0 Å². The first-order valence-electron chi connectivity index (χ1n) is 5.89. The fraction of sp³-hybridized carbons (Fsp3) is 0.385. The number of rotatable bonds is 4. The summed E-state index contributed by atoms with van der Waals surface area (Å²) in [6, 6.07) is 4.01. The molecule has 0 spiro atoms. The first-order chi connectivity index (χ1) is 8.38. The number of unbranched alkanes of at least 4 members (excludes halogenated alkanes) is 1. The van der Waals surface area contributed by atoms with Gasteiger partial charge < -0.3 is 19.6 Å². The Labute approximate surface area is 99.2 Å². The number of aromatic amines is 1. The predicted octanol–water partition coefficient (Wildman–Crippen LogP) is 2.21. The summed E-state index contributed by atoms with van der Waals surface area (Å²) in [4.78, 5) is 3.25. The van der Waals surface area contributed by atoms with Gasteiger partial charge in [-0.3, -0.25) is 0 Å². The molecule has 17 heavy (non-hydrogen) atoms. The van der Waals surface area contributed by atoms with Crippen molar-refractivity contribution in [3.8, 4) is 11.5 Å². The van der Waals surface area contributed by atoms with Crippen LogP contribution in [0.4, 0.5) is 0 Å². The SMILES string of the molecule is OCCCCc1c[nH]c2cc3c(cc12)OCO3. The normalized spacial score (nSPS) is 13.5. The second kappa shape index (κ2) is 4.30. The van der Waals surface area contributed by atoms with Crippen molar-refractivity contribution in [3.05, 3.63) is 23.9 Å². The van der Waals surface area contributed by atoms with Gasteiger partial charge in [-0.1, -0.05) is 0 Å². The van der Waals surface area contributed by atoms with Crippen molar-refractivity contribution in [2.75, 3.05) is 13.4 Å². The summed E-state index contributed by atoms with van der Waals surface area (Å²) in [6.07, 6.45) is 4.84. The molecule has 3 rings (SSSR count). The zero-order chi connectivity index (χ0) is 11.7. The lowest BCUT2D eigenvalue weighted by molar-refractivity contribution is 0.174. The van der Waals surface area contributed by atoms with Gasteiger partial charge in [0.05, 0.1) is 0 Å². The van der Waals surface area contributed by atoms with Crippen LogP contribution < -0.4 is 9.47 Å². The molecular weight excluding hydrogens is 218 g/mol. The third kappa shape index (κ3) is 1.85. The second-order valence-electron chi connectivity index (χ2n) is 4.25. The van der Waals surface area contributed by atoms with Crippen LogP contribution >= 0.6 is 0 Å². The van der Waals surface area contributed by atoms with E-state index in [0.717, 1.165) is 36.3 Å². The summed E-state index contributed by atoms with van der Waals surface area (Å²) in [5.74, 6) is 1.63. The average molecular weight is 233 g/mol. The highest BCUT2D eigenvalue weighted by Gasteiger charge is 2.16. The summed E-state index contributed by atoms with van der Waals surface area (Å²) >= 11 is 0. The van der Waals surface area contributed by atoms with Crippen LogP contribution in [0.3, 0.4) is 0 Å². The largest absolute Gasteiger partial charge is 0.454 e. The van der Waals surface area contributed by atoms with E-state index >= 15 is 0 Å². The van der Waals surface area contributed by atoms with Gasteiger partial charge in [-0.05, 0) is 30.9 Å². The number of aryl methyl sites for hydroxylation is 1. The lowest BCUT2D eigenvalue weighted by Gasteiger charge is -2.00. The molecule has 1 aliphatic heterocycles. The van der Waals surface area contributed by atoms with Crippen molar-refractivity contribution >= 4 is 10.9 Å². The number of aliphatic hydroxyl groups is 1. The van der Waals surface area contributed by atoms with Crippen LogP contribution in [0.1, 0.15) is 18.4 Å². The van der Waals surface area contributed by atoms with E-state index in [0.29, 0.717) is 6.79 Å². The first kappa shape index (κ1) is 10.5. The molecule has 0 aliphatic carbocycles. The van der Waals surface area contributed by atoms with Crippen LogP contribution in [0, 0.1) is 0 Å². The summed E-state index contributed by atoms with van der Waals surface area (Å²) in [6.45, 7) is 0.566. The average Bonchev–Trinajstić information content (AvgIpc) is 2.93. The minimum Gasteiger partial charge on any atom is -0.454 e. The minimum absolute atomic E-state index is 0.259. The smallest absolute Gasteiger partial charge is 0.231 e. The zero-order valence-electron chi connectivity index (χ0n) is 9.53. The molecule has 0 amide bonds. The molecule has 4 heteroatoms. The molecular formula is C13H15NO3. The highest BCUT2D eigenvalue weighted by atomic mass is 16.7. The van der Waals surface area contributed by atoms with E-state index < -0.39 is 0 Å². The topological polar surface area (TPSA) is 54.5 Å². The van der Waals surface area contributed by atoms with Crippen molar-refractivity contribution in [1.29, 1.82) is 0 Å². The molecule has 0 saturated heterocycles. The number of aromatic nitrogens is 1. The van der Waals surface area contributed by atoms with Crippen LogP contribution in [-0.4, -0.2) is 23.5 Å². The summed E-state index contributed by atoms with van der Waals surface area (Å²) in [5, 5.41) is 9.98. The Morgan fingerprint density at radius 1 is 1.18 bits per heavy atom. The van der Waals surface area contributed by atoms with E-state index in [1.165, 1.54) is 10.9 Å². The monoisotopic (exact) mass is 233 g/mol. The molecule has 0 atom stereocenters. The minimum atomic E-state index is 0.259. The lowest BCUT2D eigenvalue weighted by Crippen LogP contribution is -1.92. The maximum atomic E-state index is 8.79. The Morgan fingerprint density at radius 3 is 2.82 bits per heavy atom. The van der Waals surface area contributed by atoms with Gasteiger partial charge in [-0.15, -0.1) is 0 Å². The zero-order valence-corrected chi connectivity index (χ0v) is 9.53. The van der Waals surface area contributed by atoms with Crippen molar-refractivity contribution in [2.24, 2.45) is 0 Å². The van der Waals surface area contributed by atoms with Gasteiger partial charge in [0.1, 0.15) is 0 Å². The molecule has 2 aromatic rings. The summed E-state index contributed by atoms with van der Waals surface area (Å²) in [7, 11) is 0. The van der Waals surface area contributed by atoms with Crippen molar-refractivity contribution in [3.63, 3.8) is 0 Å². The fourth-order valence-corrected chi connectivity index (χ4v) is 2.20. The number of benzene rings is 1. The van der Waals surface area contributed by atoms with E-state index in [-0.39, 0.29) is 6.61 Å². The van der Waals surface area contributed by atoms with Crippen LogP contribution in [-0.2, 0) is 6.42 Å². The van der Waals surface area contributed by atoms with Gasteiger partial charge in [0.15, 0.2) is 11.5 Å². The van der Waals surface area contributed by atoms with E-state index in [4.69, 9.17) is 14.6 Å². The number of ether oxygens (including phenoxy) is 2. The maximum absolute atomic E-state index is 8.79. The number of hydrogen-bond donors (Lipinski definition) is 2. The Hall–Kier alpha value is -1.68. The predicted molar refractivity (Wildman–Crippen MR) is 64.4 cm³/mol. The van der Waals surface area contributed by atoms with Crippen LogP contribution in [0.15, 0.2) is 18.3 Å². The second-order valence-corrected chi connectivity index (χ2v) is 4.25. The fourth-order valence-electron chi connectivity index (χ4n) is 2.20. The Morgan fingerprint density at radius 2 is 2.00 bits per heavy atom. The van der Waals surface area contributed by atoms with Gasteiger partial charge in [-0.25, -0.2) is 0 Å². The molecule has 0 unspecified atom stereocenters. The number of hydrogen-bond acceptors (Lipinski definition) is 3. The molecule has 90 valence electrons. The Balaban J connectivity index is 1.92. The number of nitrogens with one attached hydrogen (secondary N) is 1. The van der Waals surface area contributed by atoms with Crippen molar-refractivity contribution < 1.29 is 14.6 Å². The molecule has 0 saturated carbocycles. The van der Waals surface area contributed by atoms with Crippen molar-refractivity contribution in [2.45, 2.75) is 19.3 Å².